The van der Waals surface area contributed by atoms with Gasteiger partial charge in [-0.15, -0.1) is 4.80 Å². The number of hydrogen-bond donors (Lipinski definition) is 3. The third kappa shape index (κ3) is 7.13. The summed E-state index contributed by atoms with van der Waals surface area (Å²) in [4.78, 5) is 22.4. The fourth-order valence-electron chi connectivity index (χ4n) is 3.65. The van der Waals surface area contributed by atoms with E-state index in [0.717, 1.165) is 6.07 Å². The molecule has 0 aliphatic carbocycles. The molecule has 3 N–H and O–H groups in total. The van der Waals surface area contributed by atoms with Crippen LogP contribution in [-0.2, 0) is 4.74 Å². The number of carbonyl (C=O) groups excluding carboxylic acids is 1. The SMILES string of the molecule is Cc1ncc(Nc2nc(N[C@H](C(C)C)[C@H](C)NC(=O)OC(C)(C)C)c(F)cc2C#N)cc1-n1nccn1. The quantitative estimate of drug-likeness (QED) is 0.401. The number of carbonyl (C=O) groups is 1. The number of amides is 1. The molecule has 0 fully saturated rings. The average molecular weight is 510 g/mol. The van der Waals surface area contributed by atoms with Gasteiger partial charge in [-0.1, -0.05) is 13.8 Å². The zero-order valence-corrected chi connectivity index (χ0v) is 22.0. The maximum absolute atomic E-state index is 15.0. The van der Waals surface area contributed by atoms with Crippen molar-refractivity contribution in [2.75, 3.05) is 10.6 Å². The maximum Gasteiger partial charge on any atom is 0.407 e. The van der Waals surface area contributed by atoms with Gasteiger partial charge in [-0.3, -0.25) is 4.98 Å². The van der Waals surface area contributed by atoms with E-state index in [0.29, 0.717) is 17.1 Å². The highest BCUT2D eigenvalue weighted by Gasteiger charge is 2.27. The van der Waals surface area contributed by atoms with Crippen molar-refractivity contribution in [2.45, 2.75) is 66.2 Å². The van der Waals surface area contributed by atoms with Crippen molar-refractivity contribution in [1.29, 1.82) is 5.26 Å². The number of nitrogens with one attached hydrogen (secondary N) is 3. The zero-order chi connectivity index (χ0) is 27.3. The summed E-state index contributed by atoms with van der Waals surface area (Å²) in [5.41, 5.74) is 1.21. The van der Waals surface area contributed by atoms with Gasteiger partial charge in [0.15, 0.2) is 17.5 Å². The number of halogens is 1. The second-order valence-electron chi connectivity index (χ2n) is 9.95. The molecule has 0 bridgehead atoms. The van der Waals surface area contributed by atoms with Crippen molar-refractivity contribution < 1.29 is 13.9 Å². The molecular weight excluding hydrogens is 477 g/mol. The number of rotatable bonds is 8. The lowest BCUT2D eigenvalue weighted by Gasteiger charge is -2.31. The van der Waals surface area contributed by atoms with Crippen LogP contribution in [0, 0.1) is 30.0 Å². The van der Waals surface area contributed by atoms with Crippen LogP contribution in [0.3, 0.4) is 0 Å². The van der Waals surface area contributed by atoms with E-state index in [-0.39, 0.29) is 23.1 Å². The van der Waals surface area contributed by atoms with E-state index >= 15 is 0 Å². The van der Waals surface area contributed by atoms with E-state index in [2.05, 4.69) is 36.1 Å². The highest BCUT2D eigenvalue weighted by molar-refractivity contribution is 5.69. The van der Waals surface area contributed by atoms with Gasteiger partial charge in [-0.25, -0.2) is 14.2 Å². The molecule has 196 valence electrons. The number of hydrogen-bond acceptors (Lipinski definition) is 9. The predicted molar refractivity (Wildman–Crippen MR) is 137 cm³/mol. The zero-order valence-electron chi connectivity index (χ0n) is 22.0. The van der Waals surface area contributed by atoms with Crippen LogP contribution in [0.5, 0.6) is 0 Å². The molecule has 3 rings (SSSR count). The molecule has 0 saturated carbocycles. The van der Waals surface area contributed by atoms with Crippen molar-refractivity contribution in [1.82, 2.24) is 30.3 Å². The molecule has 3 aromatic rings. The fourth-order valence-corrected chi connectivity index (χ4v) is 3.65. The summed E-state index contributed by atoms with van der Waals surface area (Å²) >= 11 is 0. The van der Waals surface area contributed by atoms with Crippen LogP contribution < -0.4 is 16.0 Å². The maximum atomic E-state index is 15.0. The van der Waals surface area contributed by atoms with Gasteiger partial charge in [0.05, 0.1) is 35.5 Å². The molecule has 0 radical (unpaired) electrons. The summed E-state index contributed by atoms with van der Waals surface area (Å²) in [5, 5.41) is 26.8. The number of aryl methyl sites for hydroxylation is 1. The van der Waals surface area contributed by atoms with Gasteiger partial charge in [-0.2, -0.15) is 15.5 Å². The molecule has 0 saturated heterocycles. The van der Waals surface area contributed by atoms with Gasteiger partial charge in [-0.05, 0) is 52.7 Å². The lowest BCUT2D eigenvalue weighted by atomic mass is 9.97. The molecule has 3 aromatic heterocycles. The van der Waals surface area contributed by atoms with Gasteiger partial charge in [0, 0.05) is 12.1 Å². The largest absolute Gasteiger partial charge is 0.444 e. The summed E-state index contributed by atoms with van der Waals surface area (Å²) in [6.45, 7) is 12.8. The smallest absolute Gasteiger partial charge is 0.407 e. The summed E-state index contributed by atoms with van der Waals surface area (Å²) in [7, 11) is 0. The minimum atomic E-state index is -0.694. The topological polar surface area (TPSA) is 143 Å². The Kier molecular flexibility index (Phi) is 8.27. The van der Waals surface area contributed by atoms with Crippen LogP contribution in [0.1, 0.15) is 52.8 Å². The van der Waals surface area contributed by atoms with Gasteiger partial charge in [0.2, 0.25) is 0 Å². The molecule has 2 atom stereocenters. The number of ether oxygens (including phenoxy) is 1. The van der Waals surface area contributed by atoms with E-state index < -0.39 is 29.6 Å². The van der Waals surface area contributed by atoms with Crippen LogP contribution in [0.25, 0.3) is 5.69 Å². The van der Waals surface area contributed by atoms with E-state index in [1.54, 1.807) is 52.4 Å². The Balaban J connectivity index is 1.87. The van der Waals surface area contributed by atoms with E-state index in [4.69, 9.17) is 4.74 Å². The number of anilines is 3. The molecular formula is C25H32FN9O2. The fraction of sp³-hybridized carbons (Fsp3) is 0.440. The van der Waals surface area contributed by atoms with Crippen LogP contribution >= 0.6 is 0 Å². The molecule has 0 aliphatic rings. The van der Waals surface area contributed by atoms with Gasteiger partial charge >= 0.3 is 6.09 Å². The van der Waals surface area contributed by atoms with Crippen LogP contribution in [0.4, 0.5) is 26.5 Å². The molecule has 1 amide bonds. The molecule has 0 spiro atoms. The predicted octanol–water partition coefficient (Wildman–Crippen LogP) is 4.47. The van der Waals surface area contributed by atoms with Crippen LogP contribution in [0.2, 0.25) is 0 Å². The summed E-state index contributed by atoms with van der Waals surface area (Å²) in [6.07, 6.45) is 4.11. The monoisotopic (exact) mass is 509 g/mol. The molecule has 0 aliphatic heterocycles. The van der Waals surface area contributed by atoms with Crippen molar-refractivity contribution in [3.63, 3.8) is 0 Å². The van der Waals surface area contributed by atoms with Crippen molar-refractivity contribution >= 4 is 23.4 Å². The minimum absolute atomic E-state index is 0.0105. The Morgan fingerprint density at radius 3 is 2.43 bits per heavy atom. The first-order valence-corrected chi connectivity index (χ1v) is 11.8. The second-order valence-corrected chi connectivity index (χ2v) is 9.95. The first kappa shape index (κ1) is 27.3. The lowest BCUT2D eigenvalue weighted by molar-refractivity contribution is 0.0499. The third-order valence-electron chi connectivity index (χ3n) is 5.36. The van der Waals surface area contributed by atoms with Gasteiger partial charge in [0.25, 0.3) is 0 Å². The minimum Gasteiger partial charge on any atom is -0.444 e. The van der Waals surface area contributed by atoms with Crippen LogP contribution in [0.15, 0.2) is 30.7 Å². The van der Waals surface area contributed by atoms with E-state index in [1.165, 1.54) is 4.80 Å². The highest BCUT2D eigenvalue weighted by atomic mass is 19.1. The molecule has 0 unspecified atom stereocenters. The summed E-state index contributed by atoms with van der Waals surface area (Å²) < 4.78 is 20.3. The van der Waals surface area contributed by atoms with Crippen molar-refractivity contribution in [3.05, 3.63) is 47.8 Å². The number of aromatic nitrogens is 5. The standard InChI is InChI=1S/C25H32FN9O2/c1-14(2)21(16(4)31-24(36)37-25(5,6)7)33-23-19(26)10-17(12-27)22(34-23)32-18-11-20(15(3)28-13-18)35-29-8-9-30-35/h8-11,13-14,16,21H,1-7H3,(H,31,36)(H2,32,33,34)/t16-,21+/m0/s1. The highest BCUT2D eigenvalue weighted by Crippen LogP contribution is 2.26. The Hall–Kier alpha value is -4.27. The van der Waals surface area contributed by atoms with Crippen molar-refractivity contribution in [3.8, 4) is 11.8 Å². The third-order valence-corrected chi connectivity index (χ3v) is 5.36. The number of pyridine rings is 2. The summed E-state index contributed by atoms with van der Waals surface area (Å²) in [5.74, 6) is -0.622. The molecule has 37 heavy (non-hydrogen) atoms. The number of nitriles is 1. The Bertz CT molecular complexity index is 1280. The van der Waals surface area contributed by atoms with Crippen LogP contribution in [-0.4, -0.2) is 48.7 Å². The number of nitrogens with zero attached hydrogens (tertiary/aromatic N) is 6. The van der Waals surface area contributed by atoms with Gasteiger partial charge in [0.1, 0.15) is 17.4 Å². The first-order chi connectivity index (χ1) is 17.4. The Morgan fingerprint density at radius 2 is 1.84 bits per heavy atom. The lowest BCUT2D eigenvalue weighted by Crippen LogP contribution is -2.49. The average Bonchev–Trinajstić information content (AvgIpc) is 3.33. The number of alkyl carbamates (subject to hydrolysis) is 1. The second kappa shape index (κ2) is 11.2. The molecule has 12 heteroatoms. The Morgan fingerprint density at radius 1 is 1.16 bits per heavy atom. The normalized spacial score (nSPS) is 13.0. The summed E-state index contributed by atoms with van der Waals surface area (Å²) in [6, 6.07) is 4.02. The first-order valence-electron chi connectivity index (χ1n) is 11.8. The molecule has 3 heterocycles. The Labute approximate surface area is 215 Å². The van der Waals surface area contributed by atoms with E-state index in [1.807, 2.05) is 26.8 Å². The van der Waals surface area contributed by atoms with Gasteiger partial charge < -0.3 is 20.7 Å². The molecule has 0 aromatic carbocycles. The van der Waals surface area contributed by atoms with E-state index in [9.17, 15) is 14.4 Å². The molecule has 11 nitrogen and oxygen atoms in total. The van der Waals surface area contributed by atoms with Crippen molar-refractivity contribution in [2.24, 2.45) is 5.92 Å².